The molecule has 0 saturated heterocycles. The Balaban J connectivity index is 2.23. The first kappa shape index (κ1) is 8.10. The highest BCUT2D eigenvalue weighted by molar-refractivity contribution is 5.60. The number of rotatable bonds is 1. The summed E-state index contributed by atoms with van der Waals surface area (Å²) in [6.45, 7) is 0. The van der Waals surface area contributed by atoms with E-state index >= 15 is 0 Å². The van der Waals surface area contributed by atoms with E-state index in [9.17, 15) is 0 Å². The van der Waals surface area contributed by atoms with E-state index < -0.39 is 0 Å². The molecule has 0 aliphatic rings. The summed E-state index contributed by atoms with van der Waals surface area (Å²) in [4.78, 5) is 4.20. The molecule has 0 amide bonds. The van der Waals surface area contributed by atoms with Crippen molar-refractivity contribution in [2.45, 2.75) is 0 Å². The van der Waals surface area contributed by atoms with E-state index in [4.69, 9.17) is 0 Å². The lowest BCUT2D eigenvalue weighted by Crippen LogP contribution is -1.95. The van der Waals surface area contributed by atoms with Crippen LogP contribution in [0.4, 0.5) is 0 Å². The predicted octanol–water partition coefficient (Wildman–Crippen LogP) is 0.525. The molecule has 0 aromatic carbocycles. The number of pyridine rings is 1. The van der Waals surface area contributed by atoms with E-state index in [-0.39, 0.29) is 0 Å². The zero-order valence-electron chi connectivity index (χ0n) is 8.07. The molecule has 3 heterocycles. The van der Waals surface area contributed by atoms with Gasteiger partial charge in [0.15, 0.2) is 5.82 Å². The van der Waals surface area contributed by atoms with E-state index in [1.54, 1.807) is 10.9 Å². The van der Waals surface area contributed by atoms with Crippen molar-refractivity contribution in [2.24, 2.45) is 7.05 Å². The second kappa shape index (κ2) is 2.88. The highest BCUT2D eigenvalue weighted by atomic mass is 15.5. The van der Waals surface area contributed by atoms with Gasteiger partial charge < -0.3 is 4.40 Å². The Morgan fingerprint density at radius 2 is 2.20 bits per heavy atom. The Bertz CT molecular complexity index is 608. The standard InChI is InChI=1S/C9H8N6/c1-14-9(11-12-13-14)7-2-4-15-5-3-10-8(15)6-7/h2-6H,1H3. The van der Waals surface area contributed by atoms with E-state index in [0.29, 0.717) is 0 Å². The zero-order chi connectivity index (χ0) is 10.3. The van der Waals surface area contributed by atoms with Gasteiger partial charge in [0.1, 0.15) is 5.65 Å². The maximum Gasteiger partial charge on any atom is 0.181 e. The first-order chi connectivity index (χ1) is 7.34. The normalized spacial score (nSPS) is 11.0. The van der Waals surface area contributed by atoms with Gasteiger partial charge in [-0.2, -0.15) is 0 Å². The van der Waals surface area contributed by atoms with Crippen LogP contribution in [0.1, 0.15) is 0 Å². The van der Waals surface area contributed by atoms with Crippen LogP contribution in [0.3, 0.4) is 0 Å². The van der Waals surface area contributed by atoms with E-state index in [0.717, 1.165) is 17.0 Å². The maximum atomic E-state index is 4.20. The number of aryl methyl sites for hydroxylation is 1. The molecule has 0 aliphatic carbocycles. The van der Waals surface area contributed by atoms with Gasteiger partial charge in [0.25, 0.3) is 0 Å². The molecule has 0 bridgehead atoms. The number of nitrogens with zero attached hydrogens (tertiary/aromatic N) is 6. The number of aromatic nitrogens is 6. The predicted molar refractivity (Wildman–Crippen MR) is 53.0 cm³/mol. The molecule has 0 N–H and O–H groups in total. The number of hydrogen-bond acceptors (Lipinski definition) is 4. The molecule has 15 heavy (non-hydrogen) atoms. The average molecular weight is 200 g/mol. The Hall–Kier alpha value is -2.24. The van der Waals surface area contributed by atoms with Gasteiger partial charge in [-0.15, -0.1) is 5.10 Å². The molecule has 0 radical (unpaired) electrons. The van der Waals surface area contributed by atoms with Crippen molar-refractivity contribution in [3.63, 3.8) is 0 Å². The first-order valence-corrected chi connectivity index (χ1v) is 4.50. The van der Waals surface area contributed by atoms with Crippen LogP contribution in [0.5, 0.6) is 0 Å². The van der Waals surface area contributed by atoms with Crippen molar-refractivity contribution < 1.29 is 0 Å². The van der Waals surface area contributed by atoms with Crippen LogP contribution >= 0.6 is 0 Å². The number of hydrogen-bond donors (Lipinski definition) is 0. The topological polar surface area (TPSA) is 60.9 Å². The lowest BCUT2D eigenvalue weighted by atomic mass is 10.2. The fourth-order valence-corrected chi connectivity index (χ4v) is 1.52. The minimum atomic E-state index is 0.737. The highest BCUT2D eigenvalue weighted by Gasteiger charge is 2.06. The minimum absolute atomic E-state index is 0.737. The largest absolute Gasteiger partial charge is 0.307 e. The summed E-state index contributed by atoms with van der Waals surface area (Å²) in [6.07, 6.45) is 5.59. The van der Waals surface area contributed by atoms with Crippen LogP contribution in [0.2, 0.25) is 0 Å². The van der Waals surface area contributed by atoms with Crippen molar-refractivity contribution in [1.82, 2.24) is 29.6 Å². The fraction of sp³-hybridized carbons (Fsp3) is 0.111. The molecule has 3 aromatic rings. The van der Waals surface area contributed by atoms with Crippen LogP contribution in [0.15, 0.2) is 30.7 Å². The van der Waals surface area contributed by atoms with Crippen molar-refractivity contribution in [3.8, 4) is 11.4 Å². The second-order valence-corrected chi connectivity index (χ2v) is 3.23. The smallest absolute Gasteiger partial charge is 0.181 e. The van der Waals surface area contributed by atoms with Crippen molar-refractivity contribution >= 4 is 5.65 Å². The van der Waals surface area contributed by atoms with E-state index in [2.05, 4.69) is 20.5 Å². The lowest BCUT2D eigenvalue weighted by molar-refractivity contribution is 0.714. The molecular weight excluding hydrogens is 192 g/mol. The van der Waals surface area contributed by atoms with E-state index in [1.165, 1.54) is 0 Å². The Morgan fingerprint density at radius 3 is 3.00 bits per heavy atom. The Morgan fingerprint density at radius 1 is 1.27 bits per heavy atom. The van der Waals surface area contributed by atoms with Gasteiger partial charge in [0.05, 0.1) is 0 Å². The van der Waals surface area contributed by atoms with Crippen LogP contribution < -0.4 is 0 Å². The molecule has 6 heteroatoms. The molecule has 3 aromatic heterocycles. The fourth-order valence-electron chi connectivity index (χ4n) is 1.52. The molecule has 0 fully saturated rings. The van der Waals surface area contributed by atoms with Crippen LogP contribution in [0.25, 0.3) is 17.0 Å². The zero-order valence-corrected chi connectivity index (χ0v) is 8.07. The molecule has 0 spiro atoms. The van der Waals surface area contributed by atoms with Crippen molar-refractivity contribution in [2.75, 3.05) is 0 Å². The summed E-state index contributed by atoms with van der Waals surface area (Å²) in [5.41, 5.74) is 1.84. The lowest BCUT2D eigenvalue weighted by Gasteiger charge is -1.99. The molecule has 0 unspecified atom stereocenters. The number of fused-ring (bicyclic) bond motifs is 1. The van der Waals surface area contributed by atoms with Gasteiger partial charge >= 0.3 is 0 Å². The molecule has 3 rings (SSSR count). The number of tetrazole rings is 1. The molecular formula is C9H8N6. The molecule has 0 atom stereocenters. The summed E-state index contributed by atoms with van der Waals surface area (Å²) in [7, 11) is 1.81. The average Bonchev–Trinajstić information content (AvgIpc) is 2.84. The van der Waals surface area contributed by atoms with Crippen LogP contribution in [-0.2, 0) is 7.05 Å². The maximum absolute atomic E-state index is 4.20. The van der Waals surface area contributed by atoms with Gasteiger partial charge in [-0.05, 0) is 22.6 Å². The van der Waals surface area contributed by atoms with E-state index in [1.807, 2.05) is 36.0 Å². The summed E-state index contributed by atoms with van der Waals surface area (Å²) in [6, 6.07) is 3.91. The summed E-state index contributed by atoms with van der Waals surface area (Å²) in [5.74, 6) is 0.737. The third-order valence-corrected chi connectivity index (χ3v) is 2.28. The molecule has 0 aliphatic heterocycles. The summed E-state index contributed by atoms with van der Waals surface area (Å²) >= 11 is 0. The monoisotopic (exact) mass is 200 g/mol. The quantitative estimate of drug-likeness (QED) is 0.574. The Labute approximate surface area is 85.2 Å². The van der Waals surface area contributed by atoms with Gasteiger partial charge in [-0.1, -0.05) is 0 Å². The van der Waals surface area contributed by atoms with Crippen LogP contribution in [0, 0.1) is 0 Å². The van der Waals surface area contributed by atoms with Crippen molar-refractivity contribution in [3.05, 3.63) is 30.7 Å². The van der Waals surface area contributed by atoms with Gasteiger partial charge in [-0.25, -0.2) is 9.67 Å². The molecule has 0 saturated carbocycles. The first-order valence-electron chi connectivity index (χ1n) is 4.50. The summed E-state index contributed by atoms with van der Waals surface area (Å²) in [5, 5.41) is 11.3. The number of imidazole rings is 1. The highest BCUT2D eigenvalue weighted by Crippen LogP contribution is 2.16. The second-order valence-electron chi connectivity index (χ2n) is 3.23. The Kier molecular flexibility index (Phi) is 1.55. The third-order valence-electron chi connectivity index (χ3n) is 2.28. The van der Waals surface area contributed by atoms with Gasteiger partial charge in [0.2, 0.25) is 0 Å². The van der Waals surface area contributed by atoms with Gasteiger partial charge in [-0.3, -0.25) is 0 Å². The molecule has 74 valence electrons. The van der Waals surface area contributed by atoms with Crippen LogP contribution in [-0.4, -0.2) is 29.6 Å². The summed E-state index contributed by atoms with van der Waals surface area (Å²) < 4.78 is 3.57. The molecule has 6 nitrogen and oxygen atoms in total. The van der Waals surface area contributed by atoms with Crippen molar-refractivity contribution in [1.29, 1.82) is 0 Å². The SMILES string of the molecule is Cn1nnnc1-c1ccn2ccnc2c1. The third kappa shape index (κ3) is 1.18. The minimum Gasteiger partial charge on any atom is -0.307 e. The van der Waals surface area contributed by atoms with Gasteiger partial charge in [0, 0.05) is 31.2 Å².